The molecule has 134 valence electrons. The van der Waals surface area contributed by atoms with Gasteiger partial charge in [-0.2, -0.15) is 0 Å². The van der Waals surface area contributed by atoms with Crippen molar-refractivity contribution < 1.29 is 0 Å². The Balaban J connectivity index is 1.74. The fraction of sp³-hybridized carbons (Fsp3) is 0.273. The number of nitrogens with zero attached hydrogens (tertiary/aromatic N) is 2. The van der Waals surface area contributed by atoms with Crippen molar-refractivity contribution in [3.05, 3.63) is 93.4 Å². The van der Waals surface area contributed by atoms with Crippen LogP contribution < -0.4 is 11.3 Å². The van der Waals surface area contributed by atoms with Gasteiger partial charge in [-0.3, -0.25) is 9.36 Å². The molecule has 0 saturated heterocycles. The van der Waals surface area contributed by atoms with Crippen molar-refractivity contribution >= 4 is 5.95 Å². The molecule has 0 bridgehead atoms. The molecule has 2 aromatic carbocycles. The van der Waals surface area contributed by atoms with E-state index in [2.05, 4.69) is 60.4 Å². The topological polar surface area (TPSA) is 60.9 Å². The third kappa shape index (κ3) is 4.20. The van der Waals surface area contributed by atoms with Crippen LogP contribution >= 0.6 is 0 Å². The van der Waals surface area contributed by atoms with Gasteiger partial charge in [-0.15, -0.1) is 0 Å². The minimum absolute atomic E-state index is 0.107. The van der Waals surface area contributed by atoms with E-state index in [0.29, 0.717) is 0 Å². The Morgan fingerprint density at radius 2 is 1.62 bits per heavy atom. The molecule has 0 aliphatic carbocycles. The average Bonchev–Trinajstić information content (AvgIpc) is 2.66. The molecular formula is C22H25N3O. The molecule has 0 aliphatic heterocycles. The second kappa shape index (κ2) is 8.00. The highest BCUT2D eigenvalue weighted by Crippen LogP contribution is 2.23. The first-order chi connectivity index (χ1) is 12.6. The molecule has 0 saturated carbocycles. The fourth-order valence-corrected chi connectivity index (χ4v) is 3.15. The number of aromatic nitrogens is 2. The van der Waals surface area contributed by atoms with Crippen molar-refractivity contribution in [2.45, 2.75) is 32.1 Å². The molecular weight excluding hydrogens is 322 g/mol. The summed E-state index contributed by atoms with van der Waals surface area (Å²) in [4.78, 5) is 16.4. The molecule has 1 heterocycles. The first kappa shape index (κ1) is 17.9. The van der Waals surface area contributed by atoms with Gasteiger partial charge in [-0.05, 0) is 36.0 Å². The average molecular weight is 347 g/mol. The highest BCUT2D eigenvalue weighted by atomic mass is 16.1. The normalized spacial score (nSPS) is 12.1. The van der Waals surface area contributed by atoms with Gasteiger partial charge in [-0.1, -0.05) is 61.5 Å². The number of benzene rings is 2. The fourth-order valence-electron chi connectivity index (χ4n) is 3.15. The molecule has 0 radical (unpaired) electrons. The summed E-state index contributed by atoms with van der Waals surface area (Å²) < 4.78 is 1.37. The van der Waals surface area contributed by atoms with Gasteiger partial charge in [0.1, 0.15) is 0 Å². The summed E-state index contributed by atoms with van der Waals surface area (Å²) in [6.45, 7) is 2.11. The Morgan fingerprint density at radius 1 is 1.00 bits per heavy atom. The summed E-state index contributed by atoms with van der Waals surface area (Å²) in [7, 11) is 1.64. The SMILES string of the molecule is CC[C@@H](Cc1ccc(Cc2ccccc2)cc1)c1cc(=O)n(C)c(N)n1. The molecule has 0 amide bonds. The van der Waals surface area contributed by atoms with E-state index in [1.807, 2.05) is 6.07 Å². The highest BCUT2D eigenvalue weighted by molar-refractivity contribution is 5.30. The van der Waals surface area contributed by atoms with Crippen molar-refractivity contribution in [1.82, 2.24) is 9.55 Å². The Bertz CT molecular complexity index is 914. The number of anilines is 1. The Morgan fingerprint density at radius 3 is 2.23 bits per heavy atom. The Hall–Kier alpha value is -2.88. The minimum atomic E-state index is -0.107. The lowest BCUT2D eigenvalue weighted by molar-refractivity contribution is 0.631. The maximum atomic E-state index is 12.0. The Kier molecular flexibility index (Phi) is 5.52. The van der Waals surface area contributed by atoms with E-state index in [4.69, 9.17) is 5.73 Å². The first-order valence-corrected chi connectivity index (χ1v) is 9.02. The zero-order valence-electron chi connectivity index (χ0n) is 15.4. The van der Waals surface area contributed by atoms with Gasteiger partial charge in [0.05, 0.1) is 5.69 Å². The van der Waals surface area contributed by atoms with E-state index in [0.717, 1.165) is 25.0 Å². The summed E-state index contributed by atoms with van der Waals surface area (Å²) in [5.74, 6) is 0.454. The van der Waals surface area contributed by atoms with Crippen LogP contribution in [0.4, 0.5) is 5.95 Å². The van der Waals surface area contributed by atoms with E-state index in [9.17, 15) is 4.79 Å². The second-order valence-corrected chi connectivity index (χ2v) is 6.72. The minimum Gasteiger partial charge on any atom is -0.369 e. The van der Waals surface area contributed by atoms with E-state index in [-0.39, 0.29) is 17.4 Å². The van der Waals surface area contributed by atoms with Crippen molar-refractivity contribution in [2.75, 3.05) is 5.73 Å². The molecule has 0 unspecified atom stereocenters. The largest absolute Gasteiger partial charge is 0.369 e. The van der Waals surface area contributed by atoms with Gasteiger partial charge in [0.15, 0.2) is 0 Å². The molecule has 0 fully saturated rings. The van der Waals surface area contributed by atoms with Crippen LogP contribution in [0.15, 0.2) is 65.5 Å². The van der Waals surface area contributed by atoms with Crippen molar-refractivity contribution in [1.29, 1.82) is 0 Å². The summed E-state index contributed by atoms with van der Waals surface area (Å²) in [6, 6.07) is 20.8. The second-order valence-electron chi connectivity index (χ2n) is 6.72. The van der Waals surface area contributed by atoms with Crippen LogP contribution in [0.5, 0.6) is 0 Å². The molecule has 3 rings (SSSR count). The van der Waals surface area contributed by atoms with Gasteiger partial charge in [-0.25, -0.2) is 4.98 Å². The number of hydrogen-bond acceptors (Lipinski definition) is 3. The van der Waals surface area contributed by atoms with Crippen LogP contribution in [0.3, 0.4) is 0 Å². The van der Waals surface area contributed by atoms with Gasteiger partial charge in [0, 0.05) is 19.0 Å². The zero-order valence-corrected chi connectivity index (χ0v) is 15.4. The third-order valence-electron chi connectivity index (χ3n) is 4.86. The molecule has 4 heteroatoms. The molecule has 2 N–H and O–H groups in total. The number of nitrogen functional groups attached to an aromatic ring is 1. The van der Waals surface area contributed by atoms with Gasteiger partial charge < -0.3 is 5.73 Å². The molecule has 1 atom stereocenters. The number of rotatable bonds is 6. The smallest absolute Gasteiger partial charge is 0.254 e. The van der Waals surface area contributed by atoms with Crippen LogP contribution in [0.2, 0.25) is 0 Å². The summed E-state index contributed by atoms with van der Waals surface area (Å²) >= 11 is 0. The van der Waals surface area contributed by atoms with Crippen LogP contribution in [0.25, 0.3) is 0 Å². The molecule has 3 aromatic rings. The predicted octanol–water partition coefficient (Wildman–Crippen LogP) is 3.69. The van der Waals surface area contributed by atoms with Crippen molar-refractivity contribution in [3.63, 3.8) is 0 Å². The lowest BCUT2D eigenvalue weighted by Gasteiger charge is -2.16. The standard InChI is InChI=1S/C22H25N3O/c1-3-19(20-15-21(26)25(2)22(23)24-20)14-18-11-9-17(10-12-18)13-16-7-5-4-6-8-16/h4-12,15,19H,3,13-14H2,1-2H3,(H2,23,24)/t19-/m0/s1. The summed E-state index contributed by atoms with van der Waals surface area (Å²) in [5, 5.41) is 0. The lowest BCUT2D eigenvalue weighted by Crippen LogP contribution is -2.23. The predicted molar refractivity (Wildman–Crippen MR) is 106 cm³/mol. The van der Waals surface area contributed by atoms with Crippen LogP contribution in [0, 0.1) is 0 Å². The van der Waals surface area contributed by atoms with E-state index in [1.165, 1.54) is 21.3 Å². The van der Waals surface area contributed by atoms with Crippen molar-refractivity contribution in [2.24, 2.45) is 7.05 Å². The van der Waals surface area contributed by atoms with Crippen LogP contribution in [0.1, 0.15) is 41.6 Å². The molecule has 1 aromatic heterocycles. The maximum absolute atomic E-state index is 12.0. The summed E-state index contributed by atoms with van der Waals surface area (Å²) in [6.07, 6.45) is 2.69. The monoisotopic (exact) mass is 347 g/mol. The zero-order chi connectivity index (χ0) is 18.5. The lowest BCUT2D eigenvalue weighted by atomic mass is 9.92. The van der Waals surface area contributed by atoms with Gasteiger partial charge in [0.25, 0.3) is 5.56 Å². The molecule has 0 spiro atoms. The maximum Gasteiger partial charge on any atom is 0.254 e. The van der Waals surface area contributed by atoms with Crippen molar-refractivity contribution in [3.8, 4) is 0 Å². The molecule has 26 heavy (non-hydrogen) atoms. The number of nitrogens with two attached hydrogens (primary N) is 1. The van der Waals surface area contributed by atoms with E-state index >= 15 is 0 Å². The third-order valence-corrected chi connectivity index (χ3v) is 4.86. The number of hydrogen-bond donors (Lipinski definition) is 1. The van der Waals surface area contributed by atoms with Crippen LogP contribution in [-0.2, 0) is 19.9 Å². The van der Waals surface area contributed by atoms with E-state index in [1.54, 1.807) is 13.1 Å². The van der Waals surface area contributed by atoms with Gasteiger partial charge >= 0.3 is 0 Å². The summed E-state index contributed by atoms with van der Waals surface area (Å²) in [5.41, 5.74) is 10.4. The Labute approximate surface area is 154 Å². The van der Waals surface area contributed by atoms with Gasteiger partial charge in [0.2, 0.25) is 5.95 Å². The first-order valence-electron chi connectivity index (χ1n) is 9.02. The molecule has 4 nitrogen and oxygen atoms in total. The highest BCUT2D eigenvalue weighted by Gasteiger charge is 2.14. The van der Waals surface area contributed by atoms with Crippen LogP contribution in [-0.4, -0.2) is 9.55 Å². The van der Waals surface area contributed by atoms with E-state index < -0.39 is 0 Å². The quantitative estimate of drug-likeness (QED) is 0.740. The molecule has 0 aliphatic rings.